The molecule has 2 fully saturated rings. The molecule has 2 saturated heterocycles. The number of likely N-dealkylation sites (tertiary alicyclic amines) is 1. The van der Waals surface area contributed by atoms with Gasteiger partial charge in [-0.25, -0.2) is 0 Å². The average molecular weight is 420 g/mol. The van der Waals surface area contributed by atoms with Crippen LogP contribution in [0.1, 0.15) is 50.3 Å². The smallest absolute Gasteiger partial charge is 0.240 e. The Hall–Kier alpha value is -2.17. The van der Waals surface area contributed by atoms with Gasteiger partial charge in [0.2, 0.25) is 5.91 Å². The van der Waals surface area contributed by atoms with Crippen LogP contribution in [-0.2, 0) is 4.79 Å². The summed E-state index contributed by atoms with van der Waals surface area (Å²) in [5, 5.41) is 0. The van der Waals surface area contributed by atoms with E-state index in [1.807, 2.05) is 0 Å². The molecule has 1 atom stereocenters. The Balaban J connectivity index is 1.46. The lowest BCUT2D eigenvalue weighted by atomic mass is 9.95. The molecule has 0 aliphatic carbocycles. The average Bonchev–Trinajstić information content (AvgIpc) is 2.82. The summed E-state index contributed by atoms with van der Waals surface area (Å²) in [5.41, 5.74) is 2.64. The van der Waals surface area contributed by atoms with Crippen LogP contribution in [0.3, 0.4) is 0 Å². The Morgan fingerprint density at radius 1 is 0.677 bits per heavy atom. The molecule has 4 nitrogen and oxygen atoms in total. The van der Waals surface area contributed by atoms with Crippen LogP contribution in [0.4, 0.5) is 0 Å². The molecule has 2 aromatic rings. The maximum absolute atomic E-state index is 13.5. The van der Waals surface area contributed by atoms with Crippen molar-refractivity contribution >= 4 is 5.91 Å². The number of nitrogens with zero attached hydrogens (tertiary/aromatic N) is 3. The SMILES string of the molecule is CC(C)[C@@H](C(=O)N1CCN(C(c2ccccc2)c2ccccc2)CC1)N1CCCCC1. The molecule has 4 heteroatoms. The fraction of sp³-hybridized carbons (Fsp3) is 0.519. The first-order valence-corrected chi connectivity index (χ1v) is 12.0. The number of hydrogen-bond acceptors (Lipinski definition) is 3. The second-order valence-electron chi connectivity index (χ2n) is 9.37. The number of hydrogen-bond donors (Lipinski definition) is 0. The second-order valence-corrected chi connectivity index (χ2v) is 9.37. The zero-order chi connectivity index (χ0) is 21.6. The molecule has 0 N–H and O–H groups in total. The largest absolute Gasteiger partial charge is 0.339 e. The molecule has 0 aromatic heterocycles. The minimum atomic E-state index is 0.0332. The Labute approximate surface area is 187 Å². The molecular weight excluding hydrogens is 382 g/mol. The van der Waals surface area contributed by atoms with Gasteiger partial charge in [-0.3, -0.25) is 14.6 Å². The van der Waals surface area contributed by atoms with E-state index in [-0.39, 0.29) is 12.1 Å². The first kappa shape index (κ1) is 22.0. The van der Waals surface area contributed by atoms with Gasteiger partial charge in [-0.05, 0) is 43.0 Å². The standard InChI is InChI=1S/C27H37N3O/c1-22(2)25(28-16-10-5-11-17-28)27(31)30-20-18-29(19-21-30)26(23-12-6-3-7-13-23)24-14-8-4-9-15-24/h3-4,6-9,12-15,22,25-26H,5,10-11,16-21H2,1-2H3/t25-/m0/s1. The third-order valence-electron chi connectivity index (χ3n) is 6.89. The molecule has 2 aliphatic rings. The highest BCUT2D eigenvalue weighted by Gasteiger charge is 2.35. The lowest BCUT2D eigenvalue weighted by Gasteiger charge is -2.43. The van der Waals surface area contributed by atoms with E-state index in [9.17, 15) is 4.79 Å². The van der Waals surface area contributed by atoms with Gasteiger partial charge < -0.3 is 4.90 Å². The van der Waals surface area contributed by atoms with E-state index in [4.69, 9.17) is 0 Å². The quantitative estimate of drug-likeness (QED) is 0.693. The normalized spacial score (nSPS) is 19.7. The maximum Gasteiger partial charge on any atom is 0.240 e. The van der Waals surface area contributed by atoms with Crippen molar-refractivity contribution in [3.63, 3.8) is 0 Å². The molecule has 0 saturated carbocycles. The lowest BCUT2D eigenvalue weighted by Crippen LogP contribution is -2.57. The molecule has 0 bridgehead atoms. The van der Waals surface area contributed by atoms with Gasteiger partial charge in [-0.1, -0.05) is 80.9 Å². The maximum atomic E-state index is 13.5. The zero-order valence-electron chi connectivity index (χ0n) is 19.1. The number of rotatable bonds is 6. The van der Waals surface area contributed by atoms with Crippen LogP contribution >= 0.6 is 0 Å². The first-order valence-electron chi connectivity index (χ1n) is 12.0. The molecular formula is C27H37N3O. The van der Waals surface area contributed by atoms with E-state index < -0.39 is 0 Å². The molecule has 2 aliphatic heterocycles. The number of carbonyl (C=O) groups excluding carboxylic acids is 1. The predicted octanol–water partition coefficient (Wildman–Crippen LogP) is 4.43. The van der Waals surface area contributed by atoms with Crippen molar-refractivity contribution in [2.75, 3.05) is 39.3 Å². The predicted molar refractivity (Wildman–Crippen MR) is 127 cm³/mol. The molecule has 0 unspecified atom stereocenters. The van der Waals surface area contributed by atoms with Crippen molar-refractivity contribution in [1.29, 1.82) is 0 Å². The summed E-state index contributed by atoms with van der Waals surface area (Å²) in [5.74, 6) is 0.692. The summed E-state index contributed by atoms with van der Waals surface area (Å²) in [4.78, 5) is 20.6. The first-order chi connectivity index (χ1) is 15.1. The Kier molecular flexibility index (Phi) is 7.41. The van der Waals surface area contributed by atoms with Crippen molar-refractivity contribution in [2.24, 2.45) is 5.92 Å². The van der Waals surface area contributed by atoms with Crippen LogP contribution in [0.2, 0.25) is 0 Å². The number of carbonyl (C=O) groups is 1. The summed E-state index contributed by atoms with van der Waals surface area (Å²) in [6.07, 6.45) is 3.74. The van der Waals surface area contributed by atoms with E-state index in [1.165, 1.54) is 30.4 Å². The van der Waals surface area contributed by atoms with Crippen molar-refractivity contribution in [1.82, 2.24) is 14.7 Å². The van der Waals surface area contributed by atoms with Crippen molar-refractivity contribution < 1.29 is 4.79 Å². The fourth-order valence-electron chi connectivity index (χ4n) is 5.33. The molecule has 166 valence electrons. The second kappa shape index (κ2) is 10.4. The highest BCUT2D eigenvalue weighted by molar-refractivity contribution is 5.82. The third kappa shape index (κ3) is 5.19. The third-order valence-corrected chi connectivity index (χ3v) is 6.89. The summed E-state index contributed by atoms with van der Waals surface area (Å²) >= 11 is 0. The van der Waals surface area contributed by atoms with E-state index in [0.717, 1.165) is 39.3 Å². The molecule has 0 spiro atoms. The highest BCUT2D eigenvalue weighted by atomic mass is 16.2. The lowest BCUT2D eigenvalue weighted by molar-refractivity contribution is -0.141. The molecule has 2 aromatic carbocycles. The van der Waals surface area contributed by atoms with Crippen molar-refractivity contribution in [3.8, 4) is 0 Å². The van der Waals surface area contributed by atoms with E-state index in [0.29, 0.717) is 11.8 Å². The van der Waals surface area contributed by atoms with Gasteiger partial charge in [0.05, 0.1) is 12.1 Å². The minimum absolute atomic E-state index is 0.0332. The zero-order valence-corrected chi connectivity index (χ0v) is 19.1. The summed E-state index contributed by atoms with van der Waals surface area (Å²) in [7, 11) is 0. The molecule has 4 rings (SSSR count). The van der Waals surface area contributed by atoms with Crippen LogP contribution < -0.4 is 0 Å². The van der Waals surface area contributed by atoms with Crippen LogP contribution in [0.15, 0.2) is 60.7 Å². The fourth-order valence-corrected chi connectivity index (χ4v) is 5.33. The molecule has 2 heterocycles. The Bertz CT molecular complexity index is 769. The Morgan fingerprint density at radius 3 is 1.68 bits per heavy atom. The van der Waals surface area contributed by atoms with E-state index in [1.54, 1.807) is 0 Å². The van der Waals surface area contributed by atoms with Gasteiger partial charge in [0.25, 0.3) is 0 Å². The van der Waals surface area contributed by atoms with Gasteiger partial charge in [0, 0.05) is 26.2 Å². The molecule has 0 radical (unpaired) electrons. The van der Waals surface area contributed by atoms with E-state index in [2.05, 4.69) is 89.2 Å². The van der Waals surface area contributed by atoms with Crippen LogP contribution in [0.25, 0.3) is 0 Å². The number of piperazine rings is 1. The number of amides is 1. The van der Waals surface area contributed by atoms with Gasteiger partial charge >= 0.3 is 0 Å². The van der Waals surface area contributed by atoms with E-state index >= 15 is 0 Å². The van der Waals surface area contributed by atoms with Crippen LogP contribution in [0.5, 0.6) is 0 Å². The summed E-state index contributed by atoms with van der Waals surface area (Å²) < 4.78 is 0. The van der Waals surface area contributed by atoms with Crippen LogP contribution in [-0.4, -0.2) is 65.9 Å². The van der Waals surface area contributed by atoms with Crippen LogP contribution in [0, 0.1) is 5.92 Å². The Morgan fingerprint density at radius 2 is 1.19 bits per heavy atom. The van der Waals surface area contributed by atoms with Crippen molar-refractivity contribution in [3.05, 3.63) is 71.8 Å². The number of piperidine rings is 1. The van der Waals surface area contributed by atoms with Crippen molar-refractivity contribution in [2.45, 2.75) is 45.2 Å². The van der Waals surface area contributed by atoms with Gasteiger partial charge in [-0.2, -0.15) is 0 Å². The topological polar surface area (TPSA) is 26.8 Å². The van der Waals surface area contributed by atoms with Gasteiger partial charge in [0.1, 0.15) is 0 Å². The summed E-state index contributed by atoms with van der Waals surface area (Å²) in [6, 6.07) is 21.8. The van der Waals surface area contributed by atoms with Gasteiger partial charge in [0.15, 0.2) is 0 Å². The highest BCUT2D eigenvalue weighted by Crippen LogP contribution is 2.30. The monoisotopic (exact) mass is 419 g/mol. The molecule has 1 amide bonds. The minimum Gasteiger partial charge on any atom is -0.339 e. The van der Waals surface area contributed by atoms with Gasteiger partial charge in [-0.15, -0.1) is 0 Å². The summed E-state index contributed by atoms with van der Waals surface area (Å²) in [6.45, 7) is 9.98. The molecule has 31 heavy (non-hydrogen) atoms. The number of benzene rings is 2.